The third-order valence-corrected chi connectivity index (χ3v) is 9.02. The van der Waals surface area contributed by atoms with E-state index < -0.39 is 94.7 Å². The third-order valence-electron chi connectivity index (χ3n) is 5.07. The normalized spacial score (nSPS) is 30.6. The Balaban J connectivity index is 2.02. The van der Waals surface area contributed by atoms with E-state index in [0.717, 1.165) is 16.8 Å². The van der Waals surface area contributed by atoms with Gasteiger partial charge in [0.15, 0.2) is 12.2 Å². The average molecular weight is 564 g/mol. The summed E-state index contributed by atoms with van der Waals surface area (Å²) in [6.45, 7) is 1.00. The second-order valence-electron chi connectivity index (χ2n) is 8.05. The van der Waals surface area contributed by atoms with Crippen molar-refractivity contribution in [2.75, 3.05) is 19.1 Å². The van der Waals surface area contributed by atoms with Crippen LogP contribution in [-0.2, 0) is 27.7 Å². The largest absolute Gasteiger partial charge is 0.394 e. The molecule has 10 atom stereocenters. The number of rotatable bonds is 12. The summed E-state index contributed by atoms with van der Waals surface area (Å²) in [6.07, 6.45) is -11.8. The molecule has 0 radical (unpaired) electrons. The summed E-state index contributed by atoms with van der Waals surface area (Å²) in [7, 11) is -9.97. The number of nitrogens with zero attached hydrogens (tertiary/aromatic N) is 1. The van der Waals surface area contributed by atoms with E-state index in [9.17, 15) is 48.9 Å². The number of aromatic nitrogens is 2. The molecule has 0 spiro atoms. The monoisotopic (exact) mass is 564 g/mol. The lowest BCUT2D eigenvalue weighted by Gasteiger charge is -2.39. The predicted molar refractivity (Wildman–Crippen MR) is 118 cm³/mol. The van der Waals surface area contributed by atoms with Gasteiger partial charge in [-0.05, 0) is 13.8 Å². The molecule has 1 aromatic heterocycles. The summed E-state index contributed by atoms with van der Waals surface area (Å²) in [5.74, 6) is -1.50. The second-order valence-corrected chi connectivity index (χ2v) is 12.2. The van der Waals surface area contributed by atoms with Crippen molar-refractivity contribution in [3.8, 4) is 0 Å². The van der Waals surface area contributed by atoms with Crippen LogP contribution >= 0.6 is 15.2 Å². The van der Waals surface area contributed by atoms with Gasteiger partial charge < -0.3 is 49.3 Å². The fraction of sp³-hybridized carbons (Fsp3) is 0.765. The quantitative estimate of drug-likeness (QED) is 0.117. The van der Waals surface area contributed by atoms with Crippen LogP contribution in [0.15, 0.2) is 21.9 Å². The van der Waals surface area contributed by atoms with E-state index in [1.54, 1.807) is 0 Å². The molecule has 2 heterocycles. The van der Waals surface area contributed by atoms with Gasteiger partial charge in [0.1, 0.15) is 36.7 Å². The number of aromatic amines is 1. The van der Waals surface area contributed by atoms with Gasteiger partial charge in [-0.3, -0.25) is 28.0 Å². The SMILES string of the molecule is CC(O)[C@@H](COP(=O)(O)CP(=O)(O)O[C@H]1OC(CO)[C@H](O)C(O)C1O)O[C@H](C)n1ccc(=O)[nH]c1=O. The molecular weight excluding hydrogens is 534 g/mol. The summed E-state index contributed by atoms with van der Waals surface area (Å²) in [6, 6.07) is 1.05. The lowest BCUT2D eigenvalue weighted by atomic mass is 10.00. The van der Waals surface area contributed by atoms with Crippen molar-refractivity contribution >= 4 is 15.2 Å². The first-order chi connectivity index (χ1) is 16.6. The van der Waals surface area contributed by atoms with Crippen LogP contribution in [0.1, 0.15) is 20.1 Å². The molecule has 1 aliphatic heterocycles. The lowest BCUT2D eigenvalue weighted by Crippen LogP contribution is -2.58. The van der Waals surface area contributed by atoms with Crippen molar-refractivity contribution in [2.24, 2.45) is 0 Å². The molecule has 208 valence electrons. The van der Waals surface area contributed by atoms with Crippen LogP contribution in [-0.4, -0.2) is 107 Å². The number of hydrogen-bond acceptors (Lipinski definition) is 13. The Morgan fingerprint density at radius 2 is 1.75 bits per heavy atom. The first-order valence-corrected chi connectivity index (χ1v) is 14.0. The standard InChI is InChI=1S/C17H30N2O15P2/c1-8(21)11(32-9(2)19-4-3-12(22)18-17(19)26)6-31-35(27,28)7-36(29,30)34-16-15(25)14(24)13(23)10(5-20)33-16/h3-4,8-11,13-16,20-21,23-25H,5-7H2,1-2H3,(H,27,28)(H,29,30)(H,18,22,26)/t8?,9-,10?,11-,13+,14?,15?,16-/m1/s1. The molecule has 19 heteroatoms. The van der Waals surface area contributed by atoms with Crippen LogP contribution in [0.4, 0.5) is 0 Å². The van der Waals surface area contributed by atoms with Crippen LogP contribution < -0.4 is 11.2 Å². The van der Waals surface area contributed by atoms with Crippen molar-refractivity contribution in [3.63, 3.8) is 0 Å². The molecule has 0 bridgehead atoms. The smallest absolute Gasteiger partial charge is 0.342 e. The van der Waals surface area contributed by atoms with Gasteiger partial charge in [0.05, 0.1) is 19.3 Å². The van der Waals surface area contributed by atoms with E-state index in [2.05, 4.69) is 4.52 Å². The molecule has 17 nitrogen and oxygen atoms in total. The highest BCUT2D eigenvalue weighted by atomic mass is 31.2. The Morgan fingerprint density at radius 1 is 1.11 bits per heavy atom. The van der Waals surface area contributed by atoms with E-state index in [4.69, 9.17) is 19.1 Å². The van der Waals surface area contributed by atoms with Crippen molar-refractivity contribution in [3.05, 3.63) is 33.1 Å². The number of H-pyrrole nitrogens is 1. The Kier molecular flexibility index (Phi) is 10.7. The summed E-state index contributed by atoms with van der Waals surface area (Å²) >= 11 is 0. The van der Waals surface area contributed by atoms with Gasteiger partial charge in [-0.25, -0.2) is 4.79 Å². The summed E-state index contributed by atoms with van der Waals surface area (Å²) < 4.78 is 45.7. The minimum Gasteiger partial charge on any atom is -0.394 e. The maximum atomic E-state index is 12.4. The number of ether oxygens (including phenoxy) is 2. The number of nitrogens with one attached hydrogen (secondary N) is 1. The minimum absolute atomic E-state index is 0.653. The van der Waals surface area contributed by atoms with Crippen molar-refractivity contribution in [1.82, 2.24) is 9.55 Å². The molecule has 36 heavy (non-hydrogen) atoms. The molecule has 1 saturated heterocycles. The molecule has 0 aliphatic carbocycles. The highest BCUT2D eigenvalue weighted by molar-refractivity contribution is 7.70. The van der Waals surface area contributed by atoms with Crippen LogP contribution in [0.2, 0.25) is 0 Å². The topological polar surface area (TPSA) is 268 Å². The molecule has 0 aromatic carbocycles. The molecular formula is C17H30N2O15P2. The number of aliphatic hydroxyl groups excluding tert-OH is 5. The second kappa shape index (κ2) is 12.5. The van der Waals surface area contributed by atoms with E-state index in [0.29, 0.717) is 0 Å². The molecule has 8 N–H and O–H groups in total. The fourth-order valence-electron chi connectivity index (χ4n) is 3.13. The van der Waals surface area contributed by atoms with Gasteiger partial charge in [-0.15, -0.1) is 0 Å². The first-order valence-electron chi connectivity index (χ1n) is 10.5. The van der Waals surface area contributed by atoms with E-state index >= 15 is 0 Å². The maximum Gasteiger partial charge on any atom is 0.342 e. The molecule has 6 unspecified atom stereocenters. The fourth-order valence-corrected chi connectivity index (χ4v) is 6.41. The number of aliphatic hydroxyl groups is 5. The van der Waals surface area contributed by atoms with Crippen molar-refractivity contribution < 1.29 is 63.0 Å². The van der Waals surface area contributed by atoms with Gasteiger partial charge in [-0.2, -0.15) is 0 Å². The van der Waals surface area contributed by atoms with Crippen molar-refractivity contribution in [2.45, 2.75) is 63.0 Å². The van der Waals surface area contributed by atoms with E-state index in [1.807, 2.05) is 4.98 Å². The zero-order valence-corrected chi connectivity index (χ0v) is 20.9. The van der Waals surface area contributed by atoms with E-state index in [-0.39, 0.29) is 0 Å². The Hall–Kier alpha value is -1.30. The van der Waals surface area contributed by atoms with Gasteiger partial charge in [-0.1, -0.05) is 0 Å². The molecule has 1 aliphatic rings. The Bertz CT molecular complexity index is 1070. The average Bonchev–Trinajstić information content (AvgIpc) is 2.75. The molecule has 1 aromatic rings. The highest BCUT2D eigenvalue weighted by Gasteiger charge is 2.47. The number of hydrogen-bond donors (Lipinski definition) is 8. The Morgan fingerprint density at radius 3 is 2.31 bits per heavy atom. The van der Waals surface area contributed by atoms with Crippen LogP contribution in [0.25, 0.3) is 0 Å². The first kappa shape index (κ1) is 30.9. The Labute approximate surface area is 203 Å². The minimum atomic E-state index is -5.05. The maximum absolute atomic E-state index is 12.4. The van der Waals surface area contributed by atoms with Crippen molar-refractivity contribution in [1.29, 1.82) is 0 Å². The summed E-state index contributed by atoms with van der Waals surface area (Å²) in [4.78, 5) is 45.1. The van der Waals surface area contributed by atoms with Gasteiger partial charge in [0.2, 0.25) is 0 Å². The summed E-state index contributed by atoms with van der Waals surface area (Å²) in [5, 5.41) is 48.5. The van der Waals surface area contributed by atoms with E-state index in [1.165, 1.54) is 13.8 Å². The van der Waals surface area contributed by atoms with Crippen LogP contribution in [0, 0.1) is 0 Å². The van der Waals surface area contributed by atoms with Gasteiger partial charge in [0.25, 0.3) is 5.56 Å². The van der Waals surface area contributed by atoms with Gasteiger partial charge in [0, 0.05) is 12.3 Å². The zero-order chi connectivity index (χ0) is 27.4. The zero-order valence-electron chi connectivity index (χ0n) is 19.1. The summed E-state index contributed by atoms with van der Waals surface area (Å²) in [5.41, 5.74) is -1.47. The van der Waals surface area contributed by atoms with Crippen LogP contribution in [0.3, 0.4) is 0 Å². The van der Waals surface area contributed by atoms with Crippen LogP contribution in [0.5, 0.6) is 0 Å². The van der Waals surface area contributed by atoms with Gasteiger partial charge >= 0.3 is 20.9 Å². The highest BCUT2D eigenvalue weighted by Crippen LogP contribution is 2.59. The molecule has 0 saturated carbocycles. The molecule has 1 fully saturated rings. The lowest BCUT2D eigenvalue weighted by molar-refractivity contribution is -0.278. The third kappa shape index (κ3) is 8.36. The molecule has 0 amide bonds. The molecule has 2 rings (SSSR count). The predicted octanol–water partition coefficient (Wildman–Crippen LogP) is -3.02.